The fourth-order valence-corrected chi connectivity index (χ4v) is 3.94. The number of nitrogens with zero attached hydrogens (tertiary/aromatic N) is 5. The van der Waals surface area contributed by atoms with Gasteiger partial charge in [0.25, 0.3) is 15.9 Å². The maximum Gasteiger partial charge on any atom is 0.284 e. The zero-order valence-corrected chi connectivity index (χ0v) is 14.5. The largest absolute Gasteiger partial charge is 0.504 e. The average molecular weight is 388 g/mol. The lowest BCUT2D eigenvalue weighted by atomic mass is 10.1. The molecule has 0 unspecified atom stereocenters. The van der Waals surface area contributed by atoms with Gasteiger partial charge in [-0.25, -0.2) is 10.1 Å². The normalized spacial score (nSPS) is 15.5. The molecular weight excluding hydrogens is 376 g/mol. The van der Waals surface area contributed by atoms with Gasteiger partial charge in [0, 0.05) is 12.6 Å². The second kappa shape index (κ2) is 5.91. The number of aromatic nitrogens is 6. The lowest BCUT2D eigenvalue weighted by Crippen LogP contribution is -2.37. The number of aliphatic hydroxyl groups is 1. The fraction of sp³-hybridized carbons (Fsp3) is 0.0714. The van der Waals surface area contributed by atoms with E-state index in [4.69, 9.17) is 0 Å². The molecule has 27 heavy (non-hydrogen) atoms. The number of imidazole rings is 1. The fourth-order valence-electron chi connectivity index (χ4n) is 2.67. The highest BCUT2D eigenvalue weighted by Crippen LogP contribution is 2.33. The van der Waals surface area contributed by atoms with Gasteiger partial charge < -0.3 is 15.4 Å². The minimum absolute atomic E-state index is 0.147. The van der Waals surface area contributed by atoms with Crippen molar-refractivity contribution in [2.75, 3.05) is 12.4 Å². The Bertz CT molecular complexity index is 1170. The Morgan fingerprint density at radius 2 is 2.07 bits per heavy atom. The first-order valence-corrected chi connectivity index (χ1v) is 8.95. The standard InChI is InChI=1S/C14H12N8O4S/c1-22-10(11(23)9-14(16-6-15-9)27(22,25)26)13(24)17-8-5-3-2-4-7(8)12-18-20-21-19-12/h2-6,23H,1H3,(H,15,16)(H,17,24)(H,18,19,20,21). The first-order chi connectivity index (χ1) is 12.9. The van der Waals surface area contributed by atoms with Gasteiger partial charge in [-0.05, 0) is 22.6 Å². The first-order valence-electron chi connectivity index (χ1n) is 7.51. The van der Waals surface area contributed by atoms with Gasteiger partial charge in [-0.15, -0.1) is 5.10 Å². The molecule has 1 aliphatic rings. The molecule has 0 saturated heterocycles. The summed E-state index contributed by atoms with van der Waals surface area (Å²) in [5, 5.41) is 26.0. The number of amides is 1. The Hall–Kier alpha value is -3.74. The molecule has 1 aromatic carbocycles. The Labute approximate surface area is 152 Å². The number of aromatic amines is 2. The molecule has 0 aliphatic carbocycles. The van der Waals surface area contributed by atoms with E-state index >= 15 is 0 Å². The van der Waals surface area contributed by atoms with Crippen molar-refractivity contribution in [3.05, 3.63) is 42.0 Å². The van der Waals surface area contributed by atoms with Crippen LogP contribution in [-0.4, -0.2) is 61.4 Å². The molecule has 0 atom stereocenters. The molecule has 2 aromatic heterocycles. The van der Waals surface area contributed by atoms with Crippen molar-refractivity contribution in [1.82, 2.24) is 34.9 Å². The van der Waals surface area contributed by atoms with Crippen LogP contribution < -0.4 is 5.32 Å². The monoisotopic (exact) mass is 388 g/mol. The maximum atomic E-state index is 12.8. The van der Waals surface area contributed by atoms with E-state index in [1.807, 2.05) is 0 Å². The lowest BCUT2D eigenvalue weighted by Gasteiger charge is -2.26. The Morgan fingerprint density at radius 3 is 2.81 bits per heavy atom. The molecule has 0 fully saturated rings. The van der Waals surface area contributed by atoms with E-state index in [-0.39, 0.29) is 10.7 Å². The first kappa shape index (κ1) is 16.7. The van der Waals surface area contributed by atoms with E-state index in [0.29, 0.717) is 21.4 Å². The van der Waals surface area contributed by atoms with Crippen LogP contribution in [0.3, 0.4) is 0 Å². The third-order valence-electron chi connectivity index (χ3n) is 3.98. The van der Waals surface area contributed by atoms with Gasteiger partial charge in [0.2, 0.25) is 5.03 Å². The van der Waals surface area contributed by atoms with Crippen LogP contribution in [0.1, 0.15) is 5.69 Å². The van der Waals surface area contributed by atoms with E-state index < -0.39 is 27.4 Å². The zero-order valence-electron chi connectivity index (χ0n) is 13.7. The van der Waals surface area contributed by atoms with E-state index in [2.05, 4.69) is 35.9 Å². The number of benzene rings is 1. The molecule has 0 saturated carbocycles. The summed E-state index contributed by atoms with van der Waals surface area (Å²) >= 11 is 0. The molecule has 1 aliphatic heterocycles. The molecular formula is C14H12N8O4S. The highest BCUT2D eigenvalue weighted by atomic mass is 32.2. The van der Waals surface area contributed by atoms with Crippen molar-refractivity contribution in [1.29, 1.82) is 0 Å². The number of tetrazole rings is 1. The van der Waals surface area contributed by atoms with Crippen molar-refractivity contribution in [3.8, 4) is 11.4 Å². The number of hydrogen-bond donors (Lipinski definition) is 4. The average Bonchev–Trinajstić information content (AvgIpc) is 3.33. The molecule has 1 amide bonds. The molecule has 12 nitrogen and oxygen atoms in total. The number of aliphatic hydroxyl groups excluding tert-OH is 1. The van der Waals surface area contributed by atoms with Crippen molar-refractivity contribution >= 4 is 27.4 Å². The van der Waals surface area contributed by atoms with Gasteiger partial charge in [-0.1, -0.05) is 12.1 Å². The summed E-state index contributed by atoms with van der Waals surface area (Å²) in [4.78, 5) is 19.0. The third-order valence-corrected chi connectivity index (χ3v) is 5.68. The lowest BCUT2D eigenvalue weighted by molar-refractivity contribution is -0.113. The minimum atomic E-state index is -4.08. The predicted octanol–water partition coefficient (Wildman–Crippen LogP) is 0.0892. The Morgan fingerprint density at radius 1 is 1.30 bits per heavy atom. The van der Waals surface area contributed by atoms with Crippen molar-refractivity contribution in [2.24, 2.45) is 0 Å². The molecule has 0 bridgehead atoms. The van der Waals surface area contributed by atoms with Crippen LogP contribution in [0, 0.1) is 0 Å². The van der Waals surface area contributed by atoms with Crippen LogP contribution in [0.2, 0.25) is 0 Å². The minimum Gasteiger partial charge on any atom is -0.504 e. The number of likely N-dealkylation sites (N-methyl/N-ethyl adjacent to an activating group) is 1. The summed E-state index contributed by atoms with van der Waals surface area (Å²) in [6.45, 7) is 0. The molecule has 138 valence electrons. The smallest absolute Gasteiger partial charge is 0.284 e. The van der Waals surface area contributed by atoms with E-state index in [1.54, 1.807) is 24.3 Å². The number of para-hydroxylation sites is 1. The second-order valence-corrected chi connectivity index (χ2v) is 7.39. The van der Waals surface area contributed by atoms with Crippen molar-refractivity contribution in [3.63, 3.8) is 0 Å². The molecule has 4 N–H and O–H groups in total. The molecule has 13 heteroatoms. The Balaban J connectivity index is 1.76. The molecule has 0 spiro atoms. The topological polar surface area (TPSA) is 170 Å². The number of fused-ring (bicyclic) bond motifs is 1. The van der Waals surface area contributed by atoms with Gasteiger partial charge in [0.15, 0.2) is 17.3 Å². The molecule has 3 heterocycles. The SMILES string of the molecule is CN1C(C(=O)Nc2ccccc2-c2nnn[nH]2)=C(O)c2[nH]cnc2S1(=O)=O. The van der Waals surface area contributed by atoms with Crippen molar-refractivity contribution in [2.45, 2.75) is 5.03 Å². The van der Waals surface area contributed by atoms with E-state index in [1.165, 1.54) is 0 Å². The summed E-state index contributed by atoms with van der Waals surface area (Å²) in [5.74, 6) is -1.06. The quantitative estimate of drug-likeness (QED) is 0.489. The van der Waals surface area contributed by atoms with E-state index in [0.717, 1.165) is 13.4 Å². The predicted molar refractivity (Wildman–Crippen MR) is 91.3 cm³/mol. The number of hydrogen-bond acceptors (Lipinski definition) is 8. The molecule has 0 radical (unpaired) electrons. The molecule has 4 rings (SSSR count). The van der Waals surface area contributed by atoms with E-state index in [9.17, 15) is 18.3 Å². The number of H-pyrrole nitrogens is 2. The summed E-state index contributed by atoms with van der Waals surface area (Å²) in [5.41, 5.74) is 0.213. The highest BCUT2D eigenvalue weighted by molar-refractivity contribution is 7.89. The molecule has 3 aromatic rings. The maximum absolute atomic E-state index is 12.8. The number of anilines is 1. The zero-order chi connectivity index (χ0) is 19.2. The summed E-state index contributed by atoms with van der Waals surface area (Å²) < 4.78 is 25.7. The van der Waals surface area contributed by atoms with Crippen LogP contribution in [0.5, 0.6) is 0 Å². The third kappa shape index (κ3) is 2.52. The summed E-state index contributed by atoms with van der Waals surface area (Å²) in [7, 11) is -2.92. The van der Waals surface area contributed by atoms with Gasteiger partial charge in [0.05, 0.1) is 12.0 Å². The van der Waals surface area contributed by atoms with Crippen LogP contribution in [0.15, 0.2) is 41.3 Å². The van der Waals surface area contributed by atoms with Crippen LogP contribution >= 0.6 is 0 Å². The van der Waals surface area contributed by atoms with Gasteiger partial charge >= 0.3 is 0 Å². The van der Waals surface area contributed by atoms with Crippen LogP contribution in [0.4, 0.5) is 5.69 Å². The number of carbonyl (C=O) groups excluding carboxylic acids is 1. The highest BCUT2D eigenvalue weighted by Gasteiger charge is 2.40. The van der Waals surface area contributed by atoms with Crippen LogP contribution in [0.25, 0.3) is 17.1 Å². The number of nitrogens with one attached hydrogen (secondary N) is 3. The number of carbonyl (C=O) groups is 1. The Kier molecular flexibility index (Phi) is 3.66. The van der Waals surface area contributed by atoms with Gasteiger partial charge in [-0.2, -0.15) is 8.42 Å². The summed E-state index contributed by atoms with van der Waals surface area (Å²) in [6.07, 6.45) is 1.12. The summed E-state index contributed by atoms with van der Waals surface area (Å²) in [6, 6.07) is 6.65. The second-order valence-electron chi connectivity index (χ2n) is 5.50. The van der Waals surface area contributed by atoms with Gasteiger partial charge in [-0.3, -0.25) is 9.10 Å². The number of sulfonamides is 1. The van der Waals surface area contributed by atoms with Crippen molar-refractivity contribution < 1.29 is 18.3 Å². The number of rotatable bonds is 3. The van der Waals surface area contributed by atoms with Gasteiger partial charge in [0.1, 0.15) is 5.69 Å². The van der Waals surface area contributed by atoms with Crippen LogP contribution in [-0.2, 0) is 14.8 Å².